The van der Waals surface area contributed by atoms with Crippen LogP contribution in [0.1, 0.15) is 0 Å². The Morgan fingerprint density at radius 2 is 1.67 bits per heavy atom. The van der Waals surface area contributed by atoms with Crippen molar-refractivity contribution in [2.75, 3.05) is 11.9 Å². The molecule has 2 rings (SSSR count). The summed E-state index contributed by atoms with van der Waals surface area (Å²) in [5.41, 5.74) is 7.47. The van der Waals surface area contributed by atoms with Gasteiger partial charge in [0.25, 0.3) is 0 Å². The first kappa shape index (κ1) is 12.1. The van der Waals surface area contributed by atoms with Gasteiger partial charge in [-0.25, -0.2) is 9.38 Å². The number of aliphatic imine (C=N–C) groups is 1. The highest BCUT2D eigenvalue weighted by Crippen LogP contribution is 2.15. The third kappa shape index (κ3) is 2.85. The molecule has 0 aliphatic rings. The number of halogens is 1. The Kier molecular flexibility index (Phi) is 3.57. The lowest BCUT2D eigenvalue weighted by Gasteiger charge is -2.17. The summed E-state index contributed by atoms with van der Waals surface area (Å²) < 4.78 is 12.8. The second-order valence-electron chi connectivity index (χ2n) is 3.84. The van der Waals surface area contributed by atoms with Gasteiger partial charge in [-0.1, -0.05) is 18.2 Å². The predicted octanol–water partition coefficient (Wildman–Crippen LogP) is 2.91. The Morgan fingerprint density at radius 3 is 2.28 bits per heavy atom. The van der Waals surface area contributed by atoms with E-state index in [1.165, 1.54) is 12.1 Å². The number of rotatable bonds is 2. The van der Waals surface area contributed by atoms with Crippen LogP contribution >= 0.6 is 0 Å². The summed E-state index contributed by atoms with van der Waals surface area (Å²) in [5, 5.41) is 0. The number of guanidine groups is 1. The van der Waals surface area contributed by atoms with Crippen molar-refractivity contribution in [2.24, 2.45) is 10.7 Å². The normalized spacial score (nSPS) is 11.3. The molecule has 2 N–H and O–H groups in total. The minimum atomic E-state index is -0.272. The summed E-state index contributed by atoms with van der Waals surface area (Å²) in [6, 6.07) is 15.5. The molecule has 0 radical (unpaired) electrons. The van der Waals surface area contributed by atoms with Gasteiger partial charge in [0.2, 0.25) is 5.96 Å². The fraction of sp³-hybridized carbons (Fsp3) is 0.0714. The summed E-state index contributed by atoms with van der Waals surface area (Å²) >= 11 is 0. The van der Waals surface area contributed by atoms with E-state index in [-0.39, 0.29) is 5.82 Å². The quantitative estimate of drug-likeness (QED) is 0.651. The number of nitrogens with zero attached hydrogens (tertiary/aromatic N) is 2. The molecular weight excluding hydrogens is 229 g/mol. The predicted molar refractivity (Wildman–Crippen MR) is 72.5 cm³/mol. The molecule has 0 bridgehead atoms. The van der Waals surface area contributed by atoms with Gasteiger partial charge in [-0.15, -0.1) is 0 Å². The van der Waals surface area contributed by atoms with Crippen LogP contribution in [-0.2, 0) is 0 Å². The molecule has 0 heterocycles. The molecule has 0 unspecified atom stereocenters. The lowest BCUT2D eigenvalue weighted by atomic mass is 10.3. The summed E-state index contributed by atoms with van der Waals surface area (Å²) in [6.45, 7) is 0. The average Bonchev–Trinajstić information content (AvgIpc) is 2.40. The maximum atomic E-state index is 12.8. The molecule has 0 aliphatic carbocycles. The van der Waals surface area contributed by atoms with Crippen molar-refractivity contribution in [1.29, 1.82) is 0 Å². The molecule has 0 atom stereocenters. The third-order valence-corrected chi connectivity index (χ3v) is 2.56. The zero-order valence-corrected chi connectivity index (χ0v) is 10.0. The number of nitrogens with two attached hydrogens (primary N) is 1. The minimum Gasteiger partial charge on any atom is -0.369 e. The molecule has 92 valence electrons. The minimum absolute atomic E-state index is 0.272. The van der Waals surface area contributed by atoms with E-state index >= 15 is 0 Å². The zero-order chi connectivity index (χ0) is 13.0. The maximum Gasteiger partial charge on any atom is 0.200 e. The summed E-state index contributed by atoms with van der Waals surface area (Å²) in [4.78, 5) is 5.99. The van der Waals surface area contributed by atoms with Gasteiger partial charge in [-0.3, -0.25) is 0 Å². The van der Waals surface area contributed by atoms with E-state index < -0.39 is 0 Å². The van der Waals surface area contributed by atoms with E-state index in [4.69, 9.17) is 5.73 Å². The van der Waals surface area contributed by atoms with E-state index in [1.807, 2.05) is 30.3 Å². The van der Waals surface area contributed by atoms with Crippen LogP contribution < -0.4 is 10.6 Å². The number of hydrogen-bond acceptors (Lipinski definition) is 1. The van der Waals surface area contributed by atoms with E-state index in [1.54, 1.807) is 24.1 Å². The van der Waals surface area contributed by atoms with Crippen molar-refractivity contribution in [1.82, 2.24) is 0 Å². The lowest BCUT2D eigenvalue weighted by Crippen LogP contribution is -2.33. The lowest BCUT2D eigenvalue weighted by molar-refractivity contribution is 0.628. The van der Waals surface area contributed by atoms with Gasteiger partial charge in [0.15, 0.2) is 0 Å². The number of hydrogen-bond donors (Lipinski definition) is 1. The van der Waals surface area contributed by atoms with Crippen LogP contribution in [0.5, 0.6) is 0 Å². The average molecular weight is 243 g/mol. The van der Waals surface area contributed by atoms with E-state index in [2.05, 4.69) is 4.99 Å². The third-order valence-electron chi connectivity index (χ3n) is 2.56. The molecule has 3 nitrogen and oxygen atoms in total. The van der Waals surface area contributed by atoms with Gasteiger partial charge in [-0.2, -0.15) is 0 Å². The first-order valence-corrected chi connectivity index (χ1v) is 5.55. The van der Waals surface area contributed by atoms with E-state index in [0.29, 0.717) is 5.96 Å². The van der Waals surface area contributed by atoms with Crippen molar-refractivity contribution in [3.8, 4) is 0 Å². The van der Waals surface area contributed by atoms with Crippen LogP contribution in [0.4, 0.5) is 15.8 Å². The highest BCUT2D eigenvalue weighted by Gasteiger charge is 2.05. The van der Waals surface area contributed by atoms with Crippen molar-refractivity contribution in [2.45, 2.75) is 0 Å². The summed E-state index contributed by atoms with van der Waals surface area (Å²) in [7, 11) is 1.79. The van der Waals surface area contributed by atoms with Crippen LogP contribution in [0.3, 0.4) is 0 Å². The summed E-state index contributed by atoms with van der Waals surface area (Å²) in [5.74, 6) is 0.0820. The first-order valence-electron chi connectivity index (χ1n) is 5.55. The topological polar surface area (TPSA) is 41.6 Å². The van der Waals surface area contributed by atoms with E-state index in [9.17, 15) is 4.39 Å². The second-order valence-corrected chi connectivity index (χ2v) is 3.84. The monoisotopic (exact) mass is 243 g/mol. The molecule has 2 aromatic carbocycles. The van der Waals surface area contributed by atoms with Crippen molar-refractivity contribution in [3.63, 3.8) is 0 Å². The van der Waals surface area contributed by atoms with Crippen LogP contribution in [0.2, 0.25) is 0 Å². The van der Waals surface area contributed by atoms with Crippen molar-refractivity contribution < 1.29 is 4.39 Å². The van der Waals surface area contributed by atoms with Gasteiger partial charge >= 0.3 is 0 Å². The molecule has 0 fully saturated rings. The van der Waals surface area contributed by atoms with E-state index in [0.717, 1.165) is 11.4 Å². The Morgan fingerprint density at radius 1 is 1.06 bits per heavy atom. The Balaban J connectivity index is 2.21. The van der Waals surface area contributed by atoms with Crippen molar-refractivity contribution >= 4 is 17.3 Å². The fourth-order valence-corrected chi connectivity index (χ4v) is 1.51. The van der Waals surface area contributed by atoms with Gasteiger partial charge in [-0.05, 0) is 36.4 Å². The Hall–Kier alpha value is -2.36. The molecule has 0 aliphatic heterocycles. The smallest absolute Gasteiger partial charge is 0.200 e. The van der Waals surface area contributed by atoms with Crippen LogP contribution in [0.15, 0.2) is 59.6 Å². The Labute approximate surface area is 105 Å². The fourth-order valence-electron chi connectivity index (χ4n) is 1.51. The number of anilines is 1. The Bertz CT molecular complexity index is 535. The second kappa shape index (κ2) is 5.31. The number of benzene rings is 2. The van der Waals surface area contributed by atoms with Gasteiger partial charge in [0.05, 0.1) is 5.69 Å². The molecule has 2 aromatic rings. The molecule has 0 spiro atoms. The first-order chi connectivity index (χ1) is 8.66. The maximum absolute atomic E-state index is 12.8. The standard InChI is InChI=1S/C14H14FN3/c1-18(13-9-7-11(15)8-10-13)14(16)17-12-5-3-2-4-6-12/h2-10H,1H3,(H2,16,17). The molecule has 4 heteroatoms. The van der Waals surface area contributed by atoms with Crippen molar-refractivity contribution in [3.05, 3.63) is 60.4 Å². The highest BCUT2D eigenvalue weighted by molar-refractivity contribution is 5.95. The van der Waals surface area contributed by atoms with Crippen LogP contribution in [-0.4, -0.2) is 13.0 Å². The molecule has 18 heavy (non-hydrogen) atoms. The van der Waals surface area contributed by atoms with Gasteiger partial charge < -0.3 is 10.6 Å². The SMILES string of the molecule is CN(C(N)=Nc1ccccc1)c1ccc(F)cc1. The van der Waals surface area contributed by atoms with Gasteiger partial charge in [0.1, 0.15) is 5.82 Å². The van der Waals surface area contributed by atoms with Crippen LogP contribution in [0.25, 0.3) is 0 Å². The zero-order valence-electron chi connectivity index (χ0n) is 10.0. The molecule has 0 aromatic heterocycles. The molecule has 0 amide bonds. The largest absolute Gasteiger partial charge is 0.369 e. The van der Waals surface area contributed by atoms with Crippen LogP contribution in [0, 0.1) is 5.82 Å². The van der Waals surface area contributed by atoms with Gasteiger partial charge in [0, 0.05) is 12.7 Å². The molecular formula is C14H14FN3. The summed E-state index contributed by atoms with van der Waals surface area (Å²) in [6.07, 6.45) is 0. The molecule has 0 saturated heterocycles. The molecule has 0 saturated carbocycles. The highest BCUT2D eigenvalue weighted by atomic mass is 19.1. The number of para-hydroxylation sites is 1.